The van der Waals surface area contributed by atoms with E-state index in [-0.39, 0.29) is 0 Å². The quantitative estimate of drug-likeness (QED) is 0.818. The molecule has 1 nitrogen and oxygen atoms in total. The molecule has 3 rings (SSSR count). The van der Waals surface area contributed by atoms with E-state index in [1.165, 1.54) is 44.5 Å². The lowest BCUT2D eigenvalue weighted by Crippen LogP contribution is -2.50. The minimum absolute atomic E-state index is 0.789. The standard InChI is InChI=1S/C18H27NS/c1-3-10-19-12-14(13-20-2)11-17-16-7-5-4-6-15(16)8-9-18(17)19/h4-7,14,17-18H,3,8-13H2,1-2H3/t14-,17-,18-/m1/s1. The zero-order chi connectivity index (χ0) is 13.9. The molecule has 1 heterocycles. The first-order chi connectivity index (χ1) is 9.83. The summed E-state index contributed by atoms with van der Waals surface area (Å²) in [6.07, 6.45) is 7.60. The van der Waals surface area contributed by atoms with Crippen LogP contribution >= 0.6 is 11.8 Å². The fourth-order valence-electron chi connectivity index (χ4n) is 4.36. The first-order valence-electron chi connectivity index (χ1n) is 8.14. The van der Waals surface area contributed by atoms with Crippen molar-refractivity contribution >= 4 is 11.8 Å². The molecule has 20 heavy (non-hydrogen) atoms. The number of fused-ring (bicyclic) bond motifs is 3. The maximum absolute atomic E-state index is 2.81. The van der Waals surface area contributed by atoms with Crippen LogP contribution in [-0.2, 0) is 6.42 Å². The molecule has 1 aromatic rings. The fraction of sp³-hybridized carbons (Fsp3) is 0.667. The molecule has 1 aromatic carbocycles. The van der Waals surface area contributed by atoms with E-state index in [0.717, 1.165) is 17.9 Å². The second kappa shape index (κ2) is 6.53. The van der Waals surface area contributed by atoms with E-state index >= 15 is 0 Å². The van der Waals surface area contributed by atoms with Crippen molar-refractivity contribution < 1.29 is 0 Å². The summed E-state index contributed by atoms with van der Waals surface area (Å²) >= 11 is 2.02. The summed E-state index contributed by atoms with van der Waals surface area (Å²) in [5, 5.41) is 0. The van der Waals surface area contributed by atoms with Crippen molar-refractivity contribution in [3.05, 3.63) is 35.4 Å². The Hall–Kier alpha value is -0.470. The van der Waals surface area contributed by atoms with E-state index in [2.05, 4.69) is 42.3 Å². The van der Waals surface area contributed by atoms with Gasteiger partial charge in [-0.15, -0.1) is 0 Å². The van der Waals surface area contributed by atoms with E-state index in [4.69, 9.17) is 0 Å². The molecule has 0 radical (unpaired) electrons. The monoisotopic (exact) mass is 289 g/mol. The Morgan fingerprint density at radius 2 is 2.15 bits per heavy atom. The fourth-order valence-corrected chi connectivity index (χ4v) is 5.07. The van der Waals surface area contributed by atoms with Crippen LogP contribution in [0.1, 0.15) is 43.2 Å². The number of piperidine rings is 1. The second-order valence-corrected chi connectivity index (χ2v) is 7.37. The molecule has 0 N–H and O–H groups in total. The summed E-state index contributed by atoms with van der Waals surface area (Å²) in [4.78, 5) is 2.81. The average molecular weight is 289 g/mol. The lowest BCUT2D eigenvalue weighted by Gasteiger charge is -2.48. The largest absolute Gasteiger partial charge is 0.299 e. The summed E-state index contributed by atoms with van der Waals surface area (Å²) in [5.74, 6) is 2.99. The second-order valence-electron chi connectivity index (χ2n) is 6.46. The third-order valence-electron chi connectivity index (χ3n) is 5.09. The van der Waals surface area contributed by atoms with E-state index < -0.39 is 0 Å². The van der Waals surface area contributed by atoms with Gasteiger partial charge in [-0.25, -0.2) is 0 Å². The summed E-state index contributed by atoms with van der Waals surface area (Å²) in [6, 6.07) is 10.0. The SMILES string of the molecule is CCCN1C[C@H](CSC)C[C@@H]2c3ccccc3CC[C@H]21. The van der Waals surface area contributed by atoms with Crippen molar-refractivity contribution in [1.82, 2.24) is 4.90 Å². The van der Waals surface area contributed by atoms with Crippen molar-refractivity contribution in [2.24, 2.45) is 5.92 Å². The van der Waals surface area contributed by atoms with Crippen LogP contribution in [0, 0.1) is 5.92 Å². The minimum atomic E-state index is 0.789. The Bertz CT molecular complexity index is 445. The smallest absolute Gasteiger partial charge is 0.0167 e. The molecule has 3 atom stereocenters. The van der Waals surface area contributed by atoms with Crippen molar-refractivity contribution in [2.75, 3.05) is 25.1 Å². The molecule has 0 unspecified atom stereocenters. The lowest BCUT2D eigenvalue weighted by molar-refractivity contribution is 0.0828. The van der Waals surface area contributed by atoms with Gasteiger partial charge >= 0.3 is 0 Å². The van der Waals surface area contributed by atoms with Gasteiger partial charge in [0.15, 0.2) is 0 Å². The first-order valence-corrected chi connectivity index (χ1v) is 9.53. The highest BCUT2D eigenvalue weighted by Gasteiger charge is 2.38. The molecule has 2 heteroatoms. The van der Waals surface area contributed by atoms with Gasteiger partial charge in [0, 0.05) is 18.5 Å². The van der Waals surface area contributed by atoms with Gasteiger partial charge in [-0.2, -0.15) is 11.8 Å². The van der Waals surface area contributed by atoms with Crippen LogP contribution in [-0.4, -0.2) is 36.0 Å². The van der Waals surface area contributed by atoms with Crippen LogP contribution in [0.25, 0.3) is 0 Å². The van der Waals surface area contributed by atoms with Gasteiger partial charge in [0.2, 0.25) is 0 Å². The molecule has 0 aromatic heterocycles. The van der Waals surface area contributed by atoms with Gasteiger partial charge < -0.3 is 0 Å². The first kappa shape index (κ1) is 14.5. The number of benzene rings is 1. The number of hydrogen-bond acceptors (Lipinski definition) is 2. The van der Waals surface area contributed by atoms with Gasteiger partial charge in [-0.05, 0) is 61.3 Å². The molecule has 0 spiro atoms. The summed E-state index contributed by atoms with van der Waals surface area (Å²) in [6.45, 7) is 4.94. The molecule has 1 aliphatic heterocycles. The molecule has 1 aliphatic carbocycles. The minimum Gasteiger partial charge on any atom is -0.299 e. The van der Waals surface area contributed by atoms with Crippen LogP contribution in [0.2, 0.25) is 0 Å². The molecule has 1 saturated heterocycles. The zero-order valence-corrected chi connectivity index (χ0v) is 13.7. The van der Waals surface area contributed by atoms with Crippen molar-refractivity contribution in [2.45, 2.75) is 44.6 Å². The van der Waals surface area contributed by atoms with E-state index in [0.29, 0.717) is 0 Å². The molecular formula is C18H27NS. The Morgan fingerprint density at radius 1 is 1.30 bits per heavy atom. The topological polar surface area (TPSA) is 3.24 Å². The number of thioether (sulfide) groups is 1. The van der Waals surface area contributed by atoms with Crippen molar-refractivity contribution in [3.8, 4) is 0 Å². The normalized spacial score (nSPS) is 29.8. The van der Waals surface area contributed by atoms with Gasteiger partial charge in [-0.3, -0.25) is 4.90 Å². The maximum atomic E-state index is 2.81. The number of rotatable bonds is 4. The van der Waals surface area contributed by atoms with Crippen LogP contribution in [0.15, 0.2) is 24.3 Å². The van der Waals surface area contributed by atoms with Crippen LogP contribution in [0.3, 0.4) is 0 Å². The molecule has 0 amide bonds. The van der Waals surface area contributed by atoms with E-state index in [1.807, 2.05) is 11.8 Å². The Kier molecular flexibility index (Phi) is 4.72. The van der Waals surface area contributed by atoms with Crippen LogP contribution < -0.4 is 0 Å². The number of likely N-dealkylation sites (tertiary alicyclic amines) is 1. The highest BCUT2D eigenvalue weighted by Crippen LogP contribution is 2.42. The molecular weight excluding hydrogens is 262 g/mol. The van der Waals surface area contributed by atoms with E-state index in [9.17, 15) is 0 Å². The van der Waals surface area contributed by atoms with E-state index in [1.54, 1.807) is 11.1 Å². The van der Waals surface area contributed by atoms with Crippen LogP contribution in [0.5, 0.6) is 0 Å². The molecule has 0 saturated carbocycles. The van der Waals surface area contributed by atoms with Crippen LogP contribution in [0.4, 0.5) is 0 Å². The Labute approximate surface area is 128 Å². The third kappa shape index (κ3) is 2.78. The lowest BCUT2D eigenvalue weighted by atomic mass is 9.72. The molecule has 2 aliphatic rings. The number of hydrogen-bond donors (Lipinski definition) is 0. The average Bonchev–Trinajstić information content (AvgIpc) is 2.48. The van der Waals surface area contributed by atoms with Gasteiger partial charge in [0.1, 0.15) is 0 Å². The number of aryl methyl sites for hydroxylation is 1. The molecule has 110 valence electrons. The highest BCUT2D eigenvalue weighted by molar-refractivity contribution is 7.98. The predicted octanol–water partition coefficient (Wildman–Crippen LogP) is 4.18. The zero-order valence-electron chi connectivity index (χ0n) is 12.8. The van der Waals surface area contributed by atoms with Gasteiger partial charge in [0.25, 0.3) is 0 Å². The Morgan fingerprint density at radius 3 is 2.95 bits per heavy atom. The van der Waals surface area contributed by atoms with Gasteiger partial charge in [-0.1, -0.05) is 31.2 Å². The number of nitrogens with zero attached hydrogens (tertiary/aromatic N) is 1. The highest BCUT2D eigenvalue weighted by atomic mass is 32.2. The third-order valence-corrected chi connectivity index (χ3v) is 5.90. The molecule has 1 fully saturated rings. The maximum Gasteiger partial charge on any atom is 0.0167 e. The summed E-state index contributed by atoms with van der Waals surface area (Å²) in [7, 11) is 0. The summed E-state index contributed by atoms with van der Waals surface area (Å²) in [5.41, 5.74) is 3.28. The Balaban J connectivity index is 1.87. The summed E-state index contributed by atoms with van der Waals surface area (Å²) < 4.78 is 0. The van der Waals surface area contributed by atoms with Crippen molar-refractivity contribution in [1.29, 1.82) is 0 Å². The van der Waals surface area contributed by atoms with Gasteiger partial charge in [0.05, 0.1) is 0 Å². The predicted molar refractivity (Wildman–Crippen MR) is 89.6 cm³/mol. The molecule has 0 bridgehead atoms. The van der Waals surface area contributed by atoms with Crippen molar-refractivity contribution in [3.63, 3.8) is 0 Å².